The first-order valence-electron chi connectivity index (χ1n) is 25.9. The minimum absolute atomic E-state index is 0.0248. The van der Waals surface area contributed by atoms with Gasteiger partial charge in [-0.15, -0.1) is 0 Å². The Hall–Kier alpha value is -3.09. The molecule has 398 valence electrons. The summed E-state index contributed by atoms with van der Waals surface area (Å²) in [5.41, 5.74) is -1.22. The number of ether oxygens (including phenoxy) is 2. The van der Waals surface area contributed by atoms with E-state index >= 15 is 0 Å². The minimum atomic E-state index is -6.35. The Morgan fingerprint density at radius 2 is 1.14 bits per heavy atom. The van der Waals surface area contributed by atoms with E-state index in [1.807, 2.05) is 13.8 Å². The number of benzene rings is 4. The highest BCUT2D eigenvalue weighted by molar-refractivity contribution is 7.97. The number of ketones is 1. The average Bonchev–Trinajstić information content (AvgIpc) is 4.22. The van der Waals surface area contributed by atoms with Crippen LogP contribution in [0.15, 0.2) is 82.6 Å². The van der Waals surface area contributed by atoms with Gasteiger partial charge in [0.15, 0.2) is 19.9 Å². The molecule has 0 spiro atoms. The number of rotatable bonds is 15. The predicted molar refractivity (Wildman–Crippen MR) is 280 cm³/mol. The summed E-state index contributed by atoms with van der Waals surface area (Å²) in [7, 11) is -9.65. The summed E-state index contributed by atoms with van der Waals surface area (Å²) in [6.45, 7) is 9.86. The van der Waals surface area contributed by atoms with E-state index in [9.17, 15) is 48.3 Å². The van der Waals surface area contributed by atoms with Gasteiger partial charge in [0.25, 0.3) is 0 Å². The number of alkyl halides is 4. The van der Waals surface area contributed by atoms with E-state index in [1.165, 1.54) is 83.1 Å². The smallest absolute Gasteiger partial charge is 0.396 e. The maximum Gasteiger partial charge on any atom is 0.396 e. The van der Waals surface area contributed by atoms with E-state index in [0.29, 0.717) is 53.9 Å². The topological polar surface area (TPSA) is 150 Å². The third-order valence-corrected chi connectivity index (χ3v) is 23.0. The SMILES string of the molecule is CC1(C)C2CCC1(CS(=O)(=O)[O-])C(=O)C2.CCCCOc1ccc2cc([S+]3CCCC3)ccc2c1.CCCCOc1ccc2cc([S+]3CCCC3)ccc2c1.O=S(=O)([O-])C(F)(F)C(F)(F)C1CC2CCC1C2. The molecule has 4 aliphatic carbocycles. The Bertz CT molecular complexity index is 2620. The number of fused-ring (bicyclic) bond motifs is 6. The van der Waals surface area contributed by atoms with Crippen molar-refractivity contribution in [1.29, 1.82) is 0 Å². The first-order valence-corrected chi connectivity index (χ1v) is 32.0. The minimum Gasteiger partial charge on any atom is -0.748 e. The fraction of sp³-hybridized carbons (Fsp3) is 0.618. The van der Waals surface area contributed by atoms with Crippen LogP contribution in [0.25, 0.3) is 21.5 Å². The van der Waals surface area contributed by atoms with Crippen molar-refractivity contribution >= 4 is 69.4 Å². The quantitative estimate of drug-likeness (QED) is 0.0490. The summed E-state index contributed by atoms with van der Waals surface area (Å²) in [5.74, 6) is 0.193. The highest BCUT2D eigenvalue weighted by atomic mass is 32.2. The van der Waals surface area contributed by atoms with Crippen LogP contribution in [0.1, 0.15) is 124 Å². The van der Waals surface area contributed by atoms with Gasteiger partial charge in [0.2, 0.25) is 0 Å². The number of hydrogen-bond acceptors (Lipinski definition) is 9. The monoisotopic (exact) mass is 1080 g/mol. The van der Waals surface area contributed by atoms with Crippen molar-refractivity contribution in [3.05, 3.63) is 72.8 Å². The standard InChI is InChI=1S/2C18H23OS.C10H16O4S.C9H12F4O3S/c2*1-2-3-10-19-17-8-6-16-14-18(9-7-15(16)13-17)20-11-4-5-12-20;1-9(2)7-3-4-10(9,8(11)5-7)6-15(12,13)14;10-8(11,9(12,13)17(14,15)16)7-4-5-1-2-6(7)3-5/h2*6-9,13-14H,2-5,10-12H2,1H3;7H,3-6H2,1-2H3,(H,12,13,14);5-7H,1-4H2,(H,14,15,16)/q2*+1;;/p-2. The van der Waals surface area contributed by atoms with Gasteiger partial charge in [-0.1, -0.05) is 59.1 Å². The molecule has 4 bridgehead atoms. The molecule has 72 heavy (non-hydrogen) atoms. The number of carbonyl (C=O) groups excluding carboxylic acids is 1. The van der Waals surface area contributed by atoms with Crippen LogP contribution in [0.4, 0.5) is 17.6 Å². The van der Waals surface area contributed by atoms with Gasteiger partial charge in [-0.25, -0.2) is 16.8 Å². The summed E-state index contributed by atoms with van der Waals surface area (Å²) in [6.07, 6.45) is 13.5. The van der Waals surface area contributed by atoms with Gasteiger partial charge in [-0.05, 0) is 164 Å². The van der Waals surface area contributed by atoms with Gasteiger partial charge >= 0.3 is 11.2 Å². The van der Waals surface area contributed by atoms with Crippen molar-refractivity contribution in [3.8, 4) is 11.5 Å². The lowest BCUT2D eigenvalue weighted by molar-refractivity contribution is -0.202. The summed E-state index contributed by atoms with van der Waals surface area (Å²) < 4.78 is 128. The van der Waals surface area contributed by atoms with E-state index in [0.717, 1.165) is 44.0 Å². The van der Waals surface area contributed by atoms with Gasteiger partial charge in [-0.3, -0.25) is 4.79 Å². The molecule has 2 heterocycles. The van der Waals surface area contributed by atoms with Crippen LogP contribution in [0, 0.1) is 34.5 Å². The number of hydrogen-bond donors (Lipinski definition) is 0. The highest BCUT2D eigenvalue weighted by Gasteiger charge is 2.69. The molecular weight excluding hydrogens is 1010 g/mol. The van der Waals surface area contributed by atoms with Gasteiger partial charge in [-0.2, -0.15) is 17.6 Å². The van der Waals surface area contributed by atoms with Gasteiger partial charge < -0.3 is 18.6 Å². The fourth-order valence-corrected chi connectivity index (χ4v) is 18.3. The zero-order valence-electron chi connectivity index (χ0n) is 42.1. The molecule has 2 saturated heterocycles. The van der Waals surface area contributed by atoms with E-state index in [2.05, 4.69) is 86.6 Å². The van der Waals surface area contributed by atoms with Crippen molar-refractivity contribution in [2.24, 2.45) is 34.5 Å². The fourth-order valence-electron chi connectivity index (χ4n) is 11.9. The van der Waals surface area contributed by atoms with E-state index < -0.39 is 54.4 Å². The number of Topliss-reactive ketones (excluding diaryl/α,β-unsaturated/α-hetero) is 1. The van der Waals surface area contributed by atoms with Gasteiger partial charge in [0.1, 0.15) is 40.3 Å². The molecule has 0 N–H and O–H groups in total. The Labute approximate surface area is 430 Å². The van der Waals surface area contributed by atoms with E-state index in [1.54, 1.807) is 9.79 Å². The maximum atomic E-state index is 13.5. The normalized spacial score (nSPS) is 24.9. The maximum absolute atomic E-state index is 13.5. The molecule has 4 aromatic carbocycles. The highest BCUT2D eigenvalue weighted by Crippen LogP contribution is 2.64. The Kier molecular flexibility index (Phi) is 18.4. The molecule has 6 fully saturated rings. The van der Waals surface area contributed by atoms with Crippen molar-refractivity contribution in [1.82, 2.24) is 0 Å². The Balaban J connectivity index is 0.000000142. The van der Waals surface area contributed by atoms with Crippen LogP contribution in [0.3, 0.4) is 0 Å². The lowest BCUT2D eigenvalue weighted by Crippen LogP contribution is -2.52. The van der Waals surface area contributed by atoms with Gasteiger partial charge in [0, 0.05) is 51.7 Å². The first kappa shape index (κ1) is 56.6. The predicted octanol–water partition coefficient (Wildman–Crippen LogP) is 12.7. The molecule has 0 aromatic heterocycles. The largest absolute Gasteiger partial charge is 0.748 e. The van der Waals surface area contributed by atoms with Crippen molar-refractivity contribution < 1.29 is 57.8 Å². The summed E-state index contributed by atoms with van der Waals surface area (Å²) in [4.78, 5) is 14.9. The third kappa shape index (κ3) is 12.8. The van der Waals surface area contributed by atoms with Crippen LogP contribution < -0.4 is 9.47 Å². The molecule has 0 amide bonds. The second kappa shape index (κ2) is 23.4. The summed E-state index contributed by atoms with van der Waals surface area (Å²) in [6, 6.07) is 26.9. The third-order valence-electron chi connectivity index (χ3n) is 16.3. The van der Waals surface area contributed by atoms with Crippen molar-refractivity contribution in [2.45, 2.75) is 145 Å². The van der Waals surface area contributed by atoms with Crippen molar-refractivity contribution in [2.75, 3.05) is 42.0 Å². The lowest BCUT2D eigenvalue weighted by Gasteiger charge is -2.37. The second-order valence-electron chi connectivity index (χ2n) is 21.2. The molecular formula is C55H72F4O9S4. The molecule has 0 radical (unpaired) electrons. The van der Waals surface area contributed by atoms with Crippen LogP contribution in [0.5, 0.6) is 11.5 Å². The molecule has 5 unspecified atom stereocenters. The molecule has 17 heteroatoms. The summed E-state index contributed by atoms with van der Waals surface area (Å²) in [5, 5.41) is -0.222. The Morgan fingerprint density at radius 1 is 0.667 bits per heavy atom. The number of carbonyl (C=O) groups is 1. The molecule has 2 aliphatic heterocycles. The first-order chi connectivity index (χ1) is 34.0. The van der Waals surface area contributed by atoms with Crippen molar-refractivity contribution in [3.63, 3.8) is 0 Å². The van der Waals surface area contributed by atoms with Crippen LogP contribution in [0.2, 0.25) is 0 Å². The number of unbranched alkanes of at least 4 members (excludes halogenated alkanes) is 2. The molecule has 9 nitrogen and oxygen atoms in total. The average molecular weight is 1080 g/mol. The lowest BCUT2D eigenvalue weighted by atomic mass is 9.70. The van der Waals surface area contributed by atoms with Crippen LogP contribution in [-0.4, -0.2) is 84.9 Å². The van der Waals surface area contributed by atoms with Gasteiger partial charge in [0.05, 0.1) is 29.1 Å². The second-order valence-corrected chi connectivity index (χ2v) is 28.6. The van der Waals surface area contributed by atoms with Crippen LogP contribution >= 0.6 is 0 Å². The zero-order chi connectivity index (χ0) is 52.1. The van der Waals surface area contributed by atoms with E-state index in [4.69, 9.17) is 9.47 Å². The molecule has 4 saturated carbocycles. The van der Waals surface area contributed by atoms with Crippen LogP contribution in [-0.2, 0) is 46.8 Å². The van der Waals surface area contributed by atoms with E-state index in [-0.39, 0.29) is 29.5 Å². The molecule has 5 atom stereocenters. The number of halogens is 4. The molecule has 10 rings (SSSR count). The summed E-state index contributed by atoms with van der Waals surface area (Å²) >= 11 is 0. The molecule has 4 aromatic rings. The Morgan fingerprint density at radius 3 is 1.51 bits per heavy atom. The molecule has 6 aliphatic rings. The zero-order valence-corrected chi connectivity index (χ0v) is 45.4.